The summed E-state index contributed by atoms with van der Waals surface area (Å²) in [5.74, 6) is -0.834. The zero-order chi connectivity index (χ0) is 20.5. The van der Waals surface area contributed by atoms with E-state index in [0.29, 0.717) is 17.4 Å². The van der Waals surface area contributed by atoms with E-state index in [4.69, 9.17) is 14.2 Å². The van der Waals surface area contributed by atoms with Crippen LogP contribution in [0.3, 0.4) is 0 Å². The maximum Gasteiger partial charge on any atom is 0.351 e. The van der Waals surface area contributed by atoms with Gasteiger partial charge in [0.05, 0.1) is 23.1 Å². The highest BCUT2D eigenvalue weighted by Gasteiger charge is 2.25. The minimum atomic E-state index is -0.553. The molecule has 2 rings (SSSR count). The first-order valence-corrected chi connectivity index (χ1v) is 10.1. The Balaban J connectivity index is 2.27. The quantitative estimate of drug-likeness (QED) is 0.320. The molecule has 0 amide bonds. The van der Waals surface area contributed by atoms with Gasteiger partial charge in [0.2, 0.25) is 0 Å². The molecule has 0 fully saturated rings. The molecule has 9 heteroatoms. The van der Waals surface area contributed by atoms with Crippen LogP contribution in [0.1, 0.15) is 23.0 Å². The van der Waals surface area contributed by atoms with Gasteiger partial charge in [0, 0.05) is 18.7 Å². The second-order valence-corrected chi connectivity index (χ2v) is 7.26. The van der Waals surface area contributed by atoms with E-state index in [1.807, 2.05) is 24.3 Å². The van der Waals surface area contributed by atoms with Gasteiger partial charge >= 0.3 is 11.9 Å². The average Bonchev–Trinajstić information content (AvgIpc) is 3.03. The van der Waals surface area contributed by atoms with Gasteiger partial charge in [-0.2, -0.15) is 0 Å². The third kappa shape index (κ3) is 5.56. The summed E-state index contributed by atoms with van der Waals surface area (Å²) in [6.07, 6.45) is 1.29. The monoisotopic (exact) mass is 469 g/mol. The number of hydrogen-bond donors (Lipinski definition) is 1. The molecule has 0 saturated carbocycles. The van der Waals surface area contributed by atoms with Crippen molar-refractivity contribution in [2.45, 2.75) is 13.3 Å². The first-order chi connectivity index (χ1) is 13.5. The summed E-state index contributed by atoms with van der Waals surface area (Å²) < 4.78 is 15.8. The zero-order valence-electron chi connectivity index (χ0n) is 15.5. The van der Waals surface area contributed by atoms with Crippen molar-refractivity contribution in [1.29, 1.82) is 0 Å². The number of hydrogen-bond acceptors (Lipinski definition) is 8. The lowest BCUT2D eigenvalue weighted by Crippen LogP contribution is -2.15. The number of aldehydes is 1. The Kier molecular flexibility index (Phi) is 8.46. The van der Waals surface area contributed by atoms with Crippen LogP contribution in [0.15, 0.2) is 28.7 Å². The van der Waals surface area contributed by atoms with E-state index in [1.165, 1.54) is 18.4 Å². The number of carbonyl (C=O) groups is 3. The van der Waals surface area contributed by atoms with Gasteiger partial charge in [-0.05, 0) is 40.5 Å². The minimum Gasteiger partial charge on any atom is -0.479 e. The number of benzene rings is 1. The lowest BCUT2D eigenvalue weighted by atomic mass is 10.1. The molecule has 1 heterocycles. The maximum absolute atomic E-state index is 12.1. The van der Waals surface area contributed by atoms with E-state index < -0.39 is 11.9 Å². The fraction of sp³-hybridized carbons (Fsp3) is 0.316. The molecule has 0 spiro atoms. The molecule has 0 aliphatic heterocycles. The number of thiophene rings is 1. The molecule has 1 N–H and O–H groups in total. The van der Waals surface area contributed by atoms with Gasteiger partial charge in [0.15, 0.2) is 17.2 Å². The number of carbonyl (C=O) groups excluding carboxylic acids is 3. The highest BCUT2D eigenvalue weighted by molar-refractivity contribution is 9.10. The van der Waals surface area contributed by atoms with Crippen LogP contribution in [0.25, 0.3) is 10.4 Å². The molecular formula is C19H20BrNO6S. The Labute approximate surface area is 175 Å². The average molecular weight is 470 g/mol. The largest absolute Gasteiger partial charge is 0.479 e. The molecular weight excluding hydrogens is 450 g/mol. The Morgan fingerprint density at radius 1 is 1.25 bits per heavy atom. The lowest BCUT2D eigenvalue weighted by Gasteiger charge is -2.07. The molecule has 0 aliphatic carbocycles. The predicted molar refractivity (Wildman–Crippen MR) is 110 cm³/mol. The summed E-state index contributed by atoms with van der Waals surface area (Å²) in [5.41, 5.74) is 1.74. The second-order valence-electron chi connectivity index (χ2n) is 5.45. The molecule has 0 aliphatic rings. The van der Waals surface area contributed by atoms with Crippen LogP contribution < -0.4 is 10.1 Å². The molecule has 1 aromatic carbocycles. The lowest BCUT2D eigenvalue weighted by molar-refractivity contribution is -0.145. The molecule has 2 aromatic rings. The van der Waals surface area contributed by atoms with Gasteiger partial charge in [-0.1, -0.05) is 12.1 Å². The molecule has 0 saturated heterocycles. The van der Waals surface area contributed by atoms with E-state index in [0.717, 1.165) is 22.4 Å². The van der Waals surface area contributed by atoms with Crippen molar-refractivity contribution < 1.29 is 28.6 Å². The topological polar surface area (TPSA) is 90.9 Å². The molecule has 0 bridgehead atoms. The van der Waals surface area contributed by atoms with Crippen LogP contribution in [-0.4, -0.2) is 45.1 Å². The highest BCUT2D eigenvalue weighted by atomic mass is 79.9. The summed E-state index contributed by atoms with van der Waals surface area (Å²) in [6, 6.07) is 7.53. The van der Waals surface area contributed by atoms with E-state index in [2.05, 4.69) is 21.2 Å². The third-order valence-corrected chi connectivity index (χ3v) is 5.78. The SMILES string of the molecule is CCOC(=O)COc1c(C(=O)OC)sc(-c2ccc(NCCC=O)cc2)c1Br. The first kappa shape index (κ1) is 21.9. The number of anilines is 1. The number of methoxy groups -OCH3 is 1. The Bertz CT molecular complexity index is 834. The van der Waals surface area contributed by atoms with Crippen LogP contribution in [0.2, 0.25) is 0 Å². The number of nitrogens with one attached hydrogen (secondary N) is 1. The Morgan fingerprint density at radius 2 is 1.96 bits per heavy atom. The normalized spacial score (nSPS) is 10.2. The van der Waals surface area contributed by atoms with Gasteiger partial charge in [-0.15, -0.1) is 11.3 Å². The van der Waals surface area contributed by atoms with Crippen LogP contribution in [-0.2, 0) is 19.1 Å². The number of halogens is 1. The number of esters is 2. The second kappa shape index (κ2) is 10.8. The molecule has 0 unspecified atom stereocenters. The van der Waals surface area contributed by atoms with Gasteiger partial charge in [-0.25, -0.2) is 9.59 Å². The summed E-state index contributed by atoms with van der Waals surface area (Å²) in [6.45, 7) is 2.19. The predicted octanol–water partition coefficient (Wildman–Crippen LogP) is 3.91. The molecule has 150 valence electrons. The van der Waals surface area contributed by atoms with E-state index in [9.17, 15) is 14.4 Å². The molecule has 28 heavy (non-hydrogen) atoms. The van der Waals surface area contributed by atoms with Gasteiger partial charge < -0.3 is 24.3 Å². The molecule has 1 aromatic heterocycles. The van der Waals surface area contributed by atoms with Crippen LogP contribution in [0.4, 0.5) is 5.69 Å². The number of rotatable bonds is 10. The fourth-order valence-electron chi connectivity index (χ4n) is 2.29. The fourth-order valence-corrected chi connectivity index (χ4v) is 4.26. The van der Waals surface area contributed by atoms with Crippen molar-refractivity contribution in [2.24, 2.45) is 0 Å². The smallest absolute Gasteiger partial charge is 0.351 e. The third-order valence-electron chi connectivity index (χ3n) is 3.56. The van der Waals surface area contributed by atoms with Crippen LogP contribution >= 0.6 is 27.3 Å². The summed E-state index contributed by atoms with van der Waals surface area (Å²) >= 11 is 4.67. The van der Waals surface area contributed by atoms with Crippen molar-refractivity contribution in [3.05, 3.63) is 33.6 Å². The van der Waals surface area contributed by atoms with Crippen LogP contribution in [0.5, 0.6) is 5.75 Å². The summed E-state index contributed by atoms with van der Waals surface area (Å²) in [7, 11) is 1.28. The van der Waals surface area contributed by atoms with Crippen molar-refractivity contribution in [3.63, 3.8) is 0 Å². The van der Waals surface area contributed by atoms with Crippen molar-refractivity contribution in [3.8, 4) is 16.2 Å². The molecule has 7 nitrogen and oxygen atoms in total. The highest BCUT2D eigenvalue weighted by Crippen LogP contribution is 2.46. The van der Waals surface area contributed by atoms with Crippen molar-refractivity contribution in [2.75, 3.05) is 32.2 Å². The van der Waals surface area contributed by atoms with Crippen LogP contribution in [0, 0.1) is 0 Å². The minimum absolute atomic E-state index is 0.244. The first-order valence-electron chi connectivity index (χ1n) is 8.48. The van der Waals surface area contributed by atoms with E-state index in [-0.39, 0.29) is 23.8 Å². The maximum atomic E-state index is 12.1. The van der Waals surface area contributed by atoms with Gasteiger partial charge in [0.1, 0.15) is 6.29 Å². The number of ether oxygens (including phenoxy) is 3. The molecule has 0 atom stereocenters. The summed E-state index contributed by atoms with van der Waals surface area (Å²) in [4.78, 5) is 35.1. The Morgan fingerprint density at radius 3 is 2.57 bits per heavy atom. The van der Waals surface area contributed by atoms with Gasteiger partial charge in [0.25, 0.3) is 0 Å². The van der Waals surface area contributed by atoms with Crippen molar-refractivity contribution in [1.82, 2.24) is 0 Å². The molecule has 0 radical (unpaired) electrons. The van der Waals surface area contributed by atoms with E-state index >= 15 is 0 Å². The zero-order valence-corrected chi connectivity index (χ0v) is 17.9. The van der Waals surface area contributed by atoms with E-state index in [1.54, 1.807) is 6.92 Å². The Hall–Kier alpha value is -2.39. The van der Waals surface area contributed by atoms with Crippen molar-refractivity contribution >= 4 is 51.2 Å². The standard InChI is InChI=1S/C19H20BrNO6S/c1-3-26-14(23)11-27-16-15(20)17(28-18(16)19(24)25-2)12-5-7-13(8-6-12)21-9-4-10-22/h5-8,10,21H,3-4,9,11H2,1-2H3. The summed E-state index contributed by atoms with van der Waals surface area (Å²) in [5, 5.41) is 3.14. The van der Waals surface area contributed by atoms with Gasteiger partial charge in [-0.3, -0.25) is 0 Å².